The number of amides is 1. The van der Waals surface area contributed by atoms with Gasteiger partial charge in [0.15, 0.2) is 11.6 Å². The number of carbonyl (C=O) groups is 1. The first-order chi connectivity index (χ1) is 9.70. The molecule has 0 aliphatic heterocycles. The molecule has 0 unspecified atom stereocenters. The molecule has 0 aliphatic rings. The molecule has 4 nitrogen and oxygen atoms in total. The molecular weight excluding hydrogens is 261 g/mol. The van der Waals surface area contributed by atoms with Crippen LogP contribution in [0.4, 0.5) is 4.39 Å². The zero-order valence-electron chi connectivity index (χ0n) is 11.1. The Bertz CT molecular complexity index is 554. The fourth-order valence-electron chi connectivity index (χ4n) is 1.69. The molecule has 0 fully saturated rings. The van der Waals surface area contributed by atoms with E-state index in [-0.39, 0.29) is 17.8 Å². The Balaban J connectivity index is 1.90. The summed E-state index contributed by atoms with van der Waals surface area (Å²) in [5, 5.41) is 2.73. The van der Waals surface area contributed by atoms with E-state index in [9.17, 15) is 9.18 Å². The highest BCUT2D eigenvalue weighted by Crippen LogP contribution is 2.17. The fraction of sp³-hybridized carbons (Fsp3) is 0.267. The van der Waals surface area contributed by atoms with Gasteiger partial charge in [-0.3, -0.25) is 4.79 Å². The zero-order chi connectivity index (χ0) is 14.4. The molecule has 0 bridgehead atoms. The first-order valence-corrected chi connectivity index (χ1v) is 6.42. The van der Waals surface area contributed by atoms with E-state index in [4.69, 9.17) is 9.15 Å². The van der Waals surface area contributed by atoms with Crippen LogP contribution in [0.3, 0.4) is 0 Å². The molecule has 20 heavy (non-hydrogen) atoms. The van der Waals surface area contributed by atoms with E-state index in [1.165, 1.54) is 18.6 Å². The van der Waals surface area contributed by atoms with Gasteiger partial charge in [-0.05, 0) is 24.6 Å². The average Bonchev–Trinajstić information content (AvgIpc) is 2.99. The molecule has 0 saturated carbocycles. The minimum absolute atomic E-state index is 0.192. The number of benzene rings is 1. The van der Waals surface area contributed by atoms with Crippen LogP contribution in [0.15, 0.2) is 47.3 Å². The van der Waals surface area contributed by atoms with Crippen LogP contribution in [-0.2, 0) is 0 Å². The van der Waals surface area contributed by atoms with Crippen LogP contribution in [0.5, 0.6) is 5.75 Å². The first-order valence-electron chi connectivity index (χ1n) is 6.42. The molecule has 0 saturated heterocycles. The Morgan fingerprint density at radius 3 is 2.85 bits per heavy atom. The highest BCUT2D eigenvalue weighted by molar-refractivity contribution is 5.93. The maximum absolute atomic E-state index is 13.5. The summed E-state index contributed by atoms with van der Waals surface area (Å²) in [7, 11) is 0. The van der Waals surface area contributed by atoms with Crippen molar-refractivity contribution in [1.29, 1.82) is 0 Å². The summed E-state index contributed by atoms with van der Waals surface area (Å²) >= 11 is 0. The summed E-state index contributed by atoms with van der Waals surface area (Å²) in [6, 6.07) is 7.79. The number of hydrogen-bond acceptors (Lipinski definition) is 3. The minimum Gasteiger partial charge on any atom is -0.486 e. The summed E-state index contributed by atoms with van der Waals surface area (Å²) < 4.78 is 23.9. The third-order valence-electron chi connectivity index (χ3n) is 2.86. The molecule has 2 aromatic rings. The van der Waals surface area contributed by atoms with E-state index in [1.54, 1.807) is 24.3 Å². The van der Waals surface area contributed by atoms with Crippen molar-refractivity contribution in [3.8, 4) is 5.75 Å². The maximum Gasteiger partial charge on any atom is 0.254 e. The van der Waals surface area contributed by atoms with Gasteiger partial charge in [-0.2, -0.15) is 0 Å². The molecule has 1 heterocycles. The zero-order valence-corrected chi connectivity index (χ0v) is 11.1. The standard InChI is InChI=1S/C15H16FNO3/c1-2-12(20-14-6-4-3-5-13(14)16)9-17-15(18)11-7-8-19-10-11/h3-8,10,12H,2,9H2,1H3,(H,17,18)/t12-/m0/s1. The summed E-state index contributed by atoms with van der Waals surface area (Å²) in [4.78, 5) is 11.7. The van der Waals surface area contributed by atoms with E-state index in [1.807, 2.05) is 6.92 Å². The van der Waals surface area contributed by atoms with Gasteiger partial charge in [-0.25, -0.2) is 4.39 Å². The molecule has 1 aromatic carbocycles. The molecule has 1 N–H and O–H groups in total. The third-order valence-corrected chi connectivity index (χ3v) is 2.86. The molecular formula is C15H16FNO3. The lowest BCUT2D eigenvalue weighted by Gasteiger charge is -2.18. The number of rotatable bonds is 6. The molecule has 0 spiro atoms. The van der Waals surface area contributed by atoms with Crippen molar-refractivity contribution in [3.63, 3.8) is 0 Å². The van der Waals surface area contributed by atoms with Crippen LogP contribution in [0.1, 0.15) is 23.7 Å². The SMILES string of the molecule is CC[C@@H](CNC(=O)c1ccoc1)Oc1ccccc1F. The van der Waals surface area contributed by atoms with E-state index >= 15 is 0 Å². The number of hydrogen-bond donors (Lipinski definition) is 1. The smallest absolute Gasteiger partial charge is 0.254 e. The first kappa shape index (κ1) is 14.1. The molecule has 1 amide bonds. The lowest BCUT2D eigenvalue weighted by molar-refractivity contribution is 0.0924. The van der Waals surface area contributed by atoms with Crippen LogP contribution >= 0.6 is 0 Å². The predicted octanol–water partition coefficient (Wildman–Crippen LogP) is 3.01. The van der Waals surface area contributed by atoms with Gasteiger partial charge >= 0.3 is 0 Å². The molecule has 106 valence electrons. The number of halogens is 1. The van der Waals surface area contributed by atoms with Crippen molar-refractivity contribution in [2.45, 2.75) is 19.4 Å². The molecule has 1 aromatic heterocycles. The maximum atomic E-state index is 13.5. The van der Waals surface area contributed by atoms with Gasteiger partial charge < -0.3 is 14.5 Å². The summed E-state index contributed by atoms with van der Waals surface area (Å²) in [5.74, 6) is -0.460. The number of nitrogens with one attached hydrogen (secondary N) is 1. The van der Waals surface area contributed by atoms with E-state index in [2.05, 4.69) is 5.32 Å². The van der Waals surface area contributed by atoms with Crippen LogP contribution in [-0.4, -0.2) is 18.6 Å². The molecule has 5 heteroatoms. The second kappa shape index (κ2) is 6.75. The van der Waals surface area contributed by atoms with E-state index in [0.717, 1.165) is 0 Å². The van der Waals surface area contributed by atoms with Gasteiger partial charge in [0, 0.05) is 0 Å². The van der Waals surface area contributed by atoms with Gasteiger partial charge in [0.2, 0.25) is 0 Å². The van der Waals surface area contributed by atoms with Gasteiger partial charge in [0.1, 0.15) is 12.4 Å². The fourth-order valence-corrected chi connectivity index (χ4v) is 1.69. The Kier molecular flexibility index (Phi) is 4.76. The van der Waals surface area contributed by atoms with Gasteiger partial charge in [-0.15, -0.1) is 0 Å². The average molecular weight is 277 g/mol. The van der Waals surface area contributed by atoms with Crippen molar-refractivity contribution in [1.82, 2.24) is 5.32 Å². The van der Waals surface area contributed by atoms with Crippen LogP contribution in [0.2, 0.25) is 0 Å². The lowest BCUT2D eigenvalue weighted by Crippen LogP contribution is -2.35. The Morgan fingerprint density at radius 1 is 1.40 bits per heavy atom. The van der Waals surface area contributed by atoms with Crippen LogP contribution in [0, 0.1) is 5.82 Å². The summed E-state index contributed by atoms with van der Waals surface area (Å²) in [6.07, 6.45) is 3.17. The highest BCUT2D eigenvalue weighted by Gasteiger charge is 2.13. The van der Waals surface area contributed by atoms with Gasteiger partial charge in [0.05, 0.1) is 18.4 Å². The number of carbonyl (C=O) groups excluding carboxylic acids is 1. The van der Waals surface area contributed by atoms with Crippen LogP contribution < -0.4 is 10.1 Å². The minimum atomic E-state index is -0.410. The Labute approximate surface area is 116 Å². The van der Waals surface area contributed by atoms with Crippen molar-refractivity contribution in [2.24, 2.45) is 0 Å². The van der Waals surface area contributed by atoms with Gasteiger partial charge in [-0.1, -0.05) is 19.1 Å². The number of ether oxygens (including phenoxy) is 1. The van der Waals surface area contributed by atoms with Crippen molar-refractivity contribution < 1.29 is 18.3 Å². The highest BCUT2D eigenvalue weighted by atomic mass is 19.1. The third kappa shape index (κ3) is 3.60. The summed E-state index contributed by atoms with van der Waals surface area (Å²) in [5.41, 5.74) is 0.450. The quantitative estimate of drug-likeness (QED) is 0.883. The van der Waals surface area contributed by atoms with Crippen molar-refractivity contribution >= 4 is 5.91 Å². The normalized spacial score (nSPS) is 11.9. The number of para-hydroxylation sites is 1. The molecule has 0 aliphatic carbocycles. The predicted molar refractivity (Wildman–Crippen MR) is 72.1 cm³/mol. The van der Waals surface area contributed by atoms with E-state index in [0.29, 0.717) is 18.5 Å². The van der Waals surface area contributed by atoms with Gasteiger partial charge in [0.25, 0.3) is 5.91 Å². The molecule has 2 rings (SSSR count). The lowest BCUT2D eigenvalue weighted by atomic mass is 10.2. The Hall–Kier alpha value is -2.30. The second-order valence-electron chi connectivity index (χ2n) is 4.30. The second-order valence-corrected chi connectivity index (χ2v) is 4.30. The topological polar surface area (TPSA) is 51.5 Å². The van der Waals surface area contributed by atoms with Crippen molar-refractivity contribution in [3.05, 3.63) is 54.2 Å². The van der Waals surface area contributed by atoms with Crippen molar-refractivity contribution in [2.75, 3.05) is 6.54 Å². The van der Waals surface area contributed by atoms with Crippen LogP contribution in [0.25, 0.3) is 0 Å². The Morgan fingerprint density at radius 2 is 2.20 bits per heavy atom. The largest absolute Gasteiger partial charge is 0.486 e. The monoisotopic (exact) mass is 277 g/mol. The molecule has 0 radical (unpaired) electrons. The molecule has 1 atom stereocenters. The summed E-state index contributed by atoms with van der Waals surface area (Å²) in [6.45, 7) is 2.21. The van der Waals surface area contributed by atoms with E-state index < -0.39 is 5.82 Å². The number of furan rings is 1.